The first-order chi connectivity index (χ1) is 6.86. The minimum atomic E-state index is -4.57. The van der Waals surface area contributed by atoms with Crippen LogP contribution in [0.1, 0.15) is 11.5 Å². The monoisotopic (exact) mass is 241 g/mol. The fourth-order valence-electron chi connectivity index (χ4n) is 1.22. The number of halogens is 5. The van der Waals surface area contributed by atoms with E-state index in [0.717, 1.165) is 12.1 Å². The van der Waals surface area contributed by atoms with E-state index in [2.05, 4.69) is 0 Å². The second-order valence-corrected chi connectivity index (χ2v) is 3.43. The van der Waals surface area contributed by atoms with Crippen molar-refractivity contribution in [3.8, 4) is 0 Å². The maximum Gasteiger partial charge on any atom is 0.397 e. The predicted octanol–water partition coefficient (Wildman–Crippen LogP) is 3.08. The summed E-state index contributed by atoms with van der Waals surface area (Å²) in [4.78, 5) is 0. The van der Waals surface area contributed by atoms with Gasteiger partial charge in [-0.2, -0.15) is 13.2 Å². The highest BCUT2D eigenvalue weighted by atomic mass is 35.5. The zero-order valence-corrected chi connectivity index (χ0v) is 8.24. The molecule has 0 spiro atoms. The molecule has 0 heterocycles. The van der Waals surface area contributed by atoms with Crippen LogP contribution in [0.5, 0.6) is 0 Å². The first kappa shape index (κ1) is 12.3. The molecule has 0 amide bonds. The van der Waals surface area contributed by atoms with Crippen molar-refractivity contribution in [3.63, 3.8) is 0 Å². The molecule has 0 saturated heterocycles. The van der Waals surface area contributed by atoms with E-state index in [0.29, 0.717) is 0 Å². The third kappa shape index (κ3) is 2.82. The second-order valence-electron chi connectivity index (χ2n) is 3.00. The topological polar surface area (TPSA) is 26.0 Å². The lowest BCUT2D eigenvalue weighted by Gasteiger charge is -2.19. The SMILES string of the molecule is NCC(c1cc(Cl)ccc1F)C(F)(F)F. The highest BCUT2D eigenvalue weighted by Crippen LogP contribution is 2.36. The summed E-state index contributed by atoms with van der Waals surface area (Å²) in [7, 11) is 0. The third-order valence-corrected chi connectivity index (χ3v) is 2.20. The van der Waals surface area contributed by atoms with Gasteiger partial charge in [0, 0.05) is 17.1 Å². The Kier molecular flexibility index (Phi) is 3.57. The van der Waals surface area contributed by atoms with Crippen molar-refractivity contribution in [1.29, 1.82) is 0 Å². The van der Waals surface area contributed by atoms with E-state index in [9.17, 15) is 17.6 Å². The van der Waals surface area contributed by atoms with E-state index in [1.54, 1.807) is 0 Å². The first-order valence-corrected chi connectivity index (χ1v) is 4.45. The van der Waals surface area contributed by atoms with Crippen molar-refractivity contribution >= 4 is 11.6 Å². The largest absolute Gasteiger partial charge is 0.397 e. The molecule has 0 aromatic heterocycles. The molecule has 0 radical (unpaired) electrons. The van der Waals surface area contributed by atoms with Crippen LogP contribution in [0, 0.1) is 5.82 Å². The Morgan fingerprint density at radius 2 is 1.93 bits per heavy atom. The molecular weight excluding hydrogens is 234 g/mol. The average Bonchev–Trinajstić information content (AvgIpc) is 2.10. The van der Waals surface area contributed by atoms with Crippen LogP contribution in [0.4, 0.5) is 17.6 Å². The molecule has 1 unspecified atom stereocenters. The number of benzene rings is 1. The Morgan fingerprint density at radius 3 is 2.40 bits per heavy atom. The molecule has 1 aromatic rings. The van der Waals surface area contributed by atoms with E-state index in [1.165, 1.54) is 6.07 Å². The van der Waals surface area contributed by atoms with Crippen LogP contribution in [0.3, 0.4) is 0 Å². The summed E-state index contributed by atoms with van der Waals surface area (Å²) < 4.78 is 50.4. The normalized spacial score (nSPS) is 14.0. The molecule has 15 heavy (non-hydrogen) atoms. The smallest absolute Gasteiger partial charge is 0.330 e. The fourth-order valence-corrected chi connectivity index (χ4v) is 1.40. The summed E-state index contributed by atoms with van der Waals surface area (Å²) in [5, 5.41) is 0.0501. The quantitative estimate of drug-likeness (QED) is 0.791. The fraction of sp³-hybridized carbons (Fsp3) is 0.333. The maximum atomic E-state index is 13.1. The van der Waals surface area contributed by atoms with Gasteiger partial charge in [0.05, 0.1) is 5.92 Å². The van der Waals surface area contributed by atoms with E-state index < -0.39 is 30.0 Å². The van der Waals surface area contributed by atoms with Gasteiger partial charge in [-0.15, -0.1) is 0 Å². The van der Waals surface area contributed by atoms with Gasteiger partial charge in [0.1, 0.15) is 5.82 Å². The summed E-state index contributed by atoms with van der Waals surface area (Å²) >= 11 is 5.49. The highest BCUT2D eigenvalue weighted by Gasteiger charge is 2.41. The maximum absolute atomic E-state index is 13.1. The average molecular weight is 242 g/mol. The van der Waals surface area contributed by atoms with Gasteiger partial charge >= 0.3 is 6.18 Å². The molecule has 1 nitrogen and oxygen atoms in total. The third-order valence-electron chi connectivity index (χ3n) is 1.96. The van der Waals surface area contributed by atoms with Crippen LogP contribution in [-0.2, 0) is 0 Å². The van der Waals surface area contributed by atoms with Crippen molar-refractivity contribution < 1.29 is 17.6 Å². The van der Waals surface area contributed by atoms with Gasteiger partial charge in [0.2, 0.25) is 0 Å². The zero-order chi connectivity index (χ0) is 11.6. The van der Waals surface area contributed by atoms with Gasteiger partial charge in [-0.05, 0) is 18.2 Å². The van der Waals surface area contributed by atoms with E-state index in [4.69, 9.17) is 17.3 Å². The molecule has 0 aliphatic rings. The molecule has 1 rings (SSSR count). The lowest BCUT2D eigenvalue weighted by atomic mass is 9.98. The van der Waals surface area contributed by atoms with Crippen molar-refractivity contribution in [1.82, 2.24) is 0 Å². The molecule has 0 fully saturated rings. The van der Waals surface area contributed by atoms with Crippen molar-refractivity contribution in [2.75, 3.05) is 6.54 Å². The Bertz CT molecular complexity index is 350. The molecule has 0 aliphatic carbocycles. The van der Waals surface area contributed by atoms with Crippen LogP contribution in [-0.4, -0.2) is 12.7 Å². The lowest BCUT2D eigenvalue weighted by molar-refractivity contribution is -0.148. The summed E-state index contributed by atoms with van der Waals surface area (Å²) in [6, 6.07) is 3.03. The van der Waals surface area contributed by atoms with E-state index >= 15 is 0 Å². The summed E-state index contributed by atoms with van der Waals surface area (Å²) in [6.07, 6.45) is -4.57. The number of rotatable bonds is 2. The molecule has 2 N–H and O–H groups in total. The summed E-state index contributed by atoms with van der Waals surface area (Å²) in [5.41, 5.74) is 4.46. The van der Waals surface area contributed by atoms with Gasteiger partial charge in [-0.25, -0.2) is 4.39 Å². The van der Waals surface area contributed by atoms with Crippen molar-refractivity contribution in [2.45, 2.75) is 12.1 Å². The number of alkyl halides is 3. The van der Waals surface area contributed by atoms with Gasteiger partial charge in [-0.3, -0.25) is 0 Å². The van der Waals surface area contributed by atoms with Crippen LogP contribution < -0.4 is 5.73 Å². The predicted molar refractivity (Wildman–Crippen MR) is 49.3 cm³/mol. The standard InChI is InChI=1S/C9H8ClF4N/c10-5-1-2-8(11)6(3-5)7(4-15)9(12,13)14/h1-3,7H,4,15H2. The summed E-state index contributed by atoms with van der Waals surface area (Å²) in [6.45, 7) is -0.708. The van der Waals surface area contributed by atoms with Gasteiger partial charge in [0.25, 0.3) is 0 Å². The van der Waals surface area contributed by atoms with Crippen molar-refractivity contribution in [3.05, 3.63) is 34.6 Å². The Balaban J connectivity index is 3.18. The van der Waals surface area contributed by atoms with Crippen LogP contribution in [0.15, 0.2) is 18.2 Å². The van der Waals surface area contributed by atoms with Gasteiger partial charge in [-0.1, -0.05) is 11.6 Å². The Hall–Kier alpha value is -0.810. The second kappa shape index (κ2) is 4.37. The molecule has 1 atom stereocenters. The van der Waals surface area contributed by atoms with E-state index in [-0.39, 0.29) is 5.02 Å². The summed E-state index contributed by atoms with van der Waals surface area (Å²) in [5.74, 6) is -2.97. The molecular formula is C9H8ClF4N. The minimum absolute atomic E-state index is 0.0501. The van der Waals surface area contributed by atoms with Gasteiger partial charge < -0.3 is 5.73 Å². The van der Waals surface area contributed by atoms with Crippen LogP contribution >= 0.6 is 11.6 Å². The first-order valence-electron chi connectivity index (χ1n) is 4.08. The molecule has 6 heteroatoms. The molecule has 84 valence electrons. The number of hydrogen-bond acceptors (Lipinski definition) is 1. The number of nitrogens with two attached hydrogens (primary N) is 1. The Morgan fingerprint density at radius 1 is 1.33 bits per heavy atom. The molecule has 0 aliphatic heterocycles. The van der Waals surface area contributed by atoms with Crippen LogP contribution in [0.25, 0.3) is 0 Å². The Labute approximate surface area is 88.8 Å². The zero-order valence-electron chi connectivity index (χ0n) is 7.48. The van der Waals surface area contributed by atoms with Gasteiger partial charge in [0.15, 0.2) is 0 Å². The van der Waals surface area contributed by atoms with E-state index in [1.807, 2.05) is 0 Å². The number of hydrogen-bond donors (Lipinski definition) is 1. The molecule has 0 bridgehead atoms. The minimum Gasteiger partial charge on any atom is -0.330 e. The highest BCUT2D eigenvalue weighted by molar-refractivity contribution is 6.30. The molecule has 0 saturated carbocycles. The van der Waals surface area contributed by atoms with Crippen LogP contribution in [0.2, 0.25) is 5.02 Å². The lowest BCUT2D eigenvalue weighted by Crippen LogP contribution is -2.28. The van der Waals surface area contributed by atoms with Crippen molar-refractivity contribution in [2.24, 2.45) is 5.73 Å². The molecule has 1 aromatic carbocycles.